The predicted molar refractivity (Wildman–Crippen MR) is 69.5 cm³/mol. The molecule has 0 saturated heterocycles. The highest BCUT2D eigenvalue weighted by molar-refractivity contribution is 7.08. The van der Waals surface area contributed by atoms with Gasteiger partial charge in [-0.2, -0.15) is 11.3 Å². The molecule has 0 aliphatic carbocycles. The van der Waals surface area contributed by atoms with Crippen LogP contribution in [0.5, 0.6) is 0 Å². The summed E-state index contributed by atoms with van der Waals surface area (Å²) < 4.78 is 0. The number of hydrogen-bond acceptors (Lipinski definition) is 3. The molecule has 0 saturated carbocycles. The minimum Gasteiger partial charge on any atom is -0.343 e. The Kier molecular flexibility index (Phi) is 2.16. The van der Waals surface area contributed by atoms with E-state index in [-0.39, 0.29) is 5.56 Å². The van der Waals surface area contributed by atoms with E-state index in [1.54, 1.807) is 11.3 Å². The number of nitrogens with one attached hydrogen (secondary N) is 2. The fourth-order valence-corrected chi connectivity index (χ4v) is 2.55. The average Bonchev–Trinajstić information content (AvgIpc) is 2.88. The van der Waals surface area contributed by atoms with E-state index >= 15 is 0 Å². The number of aryl methyl sites for hydroxylation is 2. The third kappa shape index (κ3) is 1.51. The maximum absolute atomic E-state index is 12.0. The topological polar surface area (TPSA) is 61.5 Å². The summed E-state index contributed by atoms with van der Waals surface area (Å²) in [5.41, 5.74) is 3.47. The first-order valence-electron chi connectivity index (χ1n) is 5.28. The largest absolute Gasteiger partial charge is 0.343 e. The first-order valence-corrected chi connectivity index (χ1v) is 6.23. The number of H-pyrrole nitrogens is 2. The third-order valence-corrected chi connectivity index (χ3v) is 3.64. The molecule has 0 radical (unpaired) electrons. The SMILES string of the molecule is Cc1[nH]c2nc(-c3ccsc3)[nH]c(=O)c2c1C. The van der Waals surface area contributed by atoms with Crippen molar-refractivity contribution in [3.05, 3.63) is 38.4 Å². The first-order chi connectivity index (χ1) is 8.16. The number of aromatic amines is 2. The minimum absolute atomic E-state index is 0.0851. The smallest absolute Gasteiger partial charge is 0.260 e. The van der Waals surface area contributed by atoms with Gasteiger partial charge in [0, 0.05) is 16.6 Å². The molecule has 0 fully saturated rings. The van der Waals surface area contributed by atoms with Crippen LogP contribution in [0.25, 0.3) is 22.4 Å². The van der Waals surface area contributed by atoms with Gasteiger partial charge in [0.1, 0.15) is 11.5 Å². The van der Waals surface area contributed by atoms with Gasteiger partial charge in [-0.25, -0.2) is 4.98 Å². The molecule has 3 heterocycles. The van der Waals surface area contributed by atoms with Gasteiger partial charge >= 0.3 is 0 Å². The third-order valence-electron chi connectivity index (χ3n) is 2.96. The monoisotopic (exact) mass is 245 g/mol. The molecule has 0 aliphatic rings. The lowest BCUT2D eigenvalue weighted by Crippen LogP contribution is -2.09. The van der Waals surface area contributed by atoms with Gasteiger partial charge in [0.15, 0.2) is 0 Å². The van der Waals surface area contributed by atoms with Gasteiger partial charge in [0.05, 0.1) is 5.39 Å². The number of aromatic nitrogens is 3. The summed E-state index contributed by atoms with van der Waals surface area (Å²) in [6.45, 7) is 3.87. The van der Waals surface area contributed by atoms with Crippen LogP contribution in [-0.2, 0) is 0 Å². The Morgan fingerprint density at radius 2 is 2.12 bits per heavy atom. The fraction of sp³-hybridized carbons (Fsp3) is 0.167. The Labute approximate surface area is 101 Å². The highest BCUT2D eigenvalue weighted by Gasteiger charge is 2.11. The van der Waals surface area contributed by atoms with Crippen molar-refractivity contribution in [2.75, 3.05) is 0 Å². The van der Waals surface area contributed by atoms with E-state index in [1.165, 1.54) is 0 Å². The first kappa shape index (κ1) is 10.3. The summed E-state index contributed by atoms with van der Waals surface area (Å²) >= 11 is 1.58. The summed E-state index contributed by atoms with van der Waals surface area (Å²) in [7, 11) is 0. The number of fused-ring (bicyclic) bond motifs is 1. The standard InChI is InChI=1S/C12H11N3OS/c1-6-7(2)13-11-9(6)12(16)15-10(14-11)8-3-4-17-5-8/h3-5H,1-2H3,(H2,13,14,15,16). The molecule has 3 aromatic heterocycles. The average molecular weight is 245 g/mol. The van der Waals surface area contributed by atoms with Crippen LogP contribution in [0.2, 0.25) is 0 Å². The number of nitrogens with zero attached hydrogens (tertiary/aromatic N) is 1. The van der Waals surface area contributed by atoms with Gasteiger partial charge in [-0.05, 0) is 30.9 Å². The van der Waals surface area contributed by atoms with Crippen molar-refractivity contribution >= 4 is 22.4 Å². The normalized spacial score (nSPS) is 11.2. The maximum Gasteiger partial charge on any atom is 0.260 e. The quantitative estimate of drug-likeness (QED) is 0.692. The van der Waals surface area contributed by atoms with E-state index in [4.69, 9.17) is 0 Å². The molecule has 5 heteroatoms. The van der Waals surface area contributed by atoms with Crippen LogP contribution in [0.1, 0.15) is 11.3 Å². The second-order valence-corrected chi connectivity index (χ2v) is 4.81. The molecule has 3 aromatic rings. The van der Waals surface area contributed by atoms with Crippen molar-refractivity contribution in [3.63, 3.8) is 0 Å². The van der Waals surface area contributed by atoms with Crippen molar-refractivity contribution in [2.24, 2.45) is 0 Å². The fourth-order valence-electron chi connectivity index (χ4n) is 1.91. The second kappa shape index (κ2) is 3.56. The van der Waals surface area contributed by atoms with E-state index < -0.39 is 0 Å². The zero-order valence-electron chi connectivity index (χ0n) is 9.50. The zero-order valence-corrected chi connectivity index (χ0v) is 10.3. The Morgan fingerprint density at radius 3 is 2.82 bits per heavy atom. The summed E-state index contributed by atoms with van der Waals surface area (Å²) in [5.74, 6) is 0.616. The van der Waals surface area contributed by atoms with E-state index in [0.29, 0.717) is 16.9 Å². The molecule has 0 aromatic carbocycles. The van der Waals surface area contributed by atoms with Crippen LogP contribution in [0.15, 0.2) is 21.6 Å². The highest BCUT2D eigenvalue weighted by atomic mass is 32.1. The lowest BCUT2D eigenvalue weighted by atomic mass is 10.2. The second-order valence-electron chi connectivity index (χ2n) is 4.03. The predicted octanol–water partition coefficient (Wildman–Crippen LogP) is 2.60. The van der Waals surface area contributed by atoms with Gasteiger partial charge < -0.3 is 9.97 Å². The van der Waals surface area contributed by atoms with Crippen molar-refractivity contribution in [3.8, 4) is 11.4 Å². The summed E-state index contributed by atoms with van der Waals surface area (Å²) in [6.07, 6.45) is 0. The number of rotatable bonds is 1. The van der Waals surface area contributed by atoms with Crippen LogP contribution in [-0.4, -0.2) is 15.0 Å². The van der Waals surface area contributed by atoms with Crippen molar-refractivity contribution in [2.45, 2.75) is 13.8 Å². The molecular weight excluding hydrogens is 234 g/mol. The molecule has 0 aliphatic heterocycles. The van der Waals surface area contributed by atoms with Crippen LogP contribution < -0.4 is 5.56 Å². The minimum atomic E-state index is -0.0851. The van der Waals surface area contributed by atoms with Crippen molar-refractivity contribution < 1.29 is 0 Å². The van der Waals surface area contributed by atoms with Gasteiger partial charge in [0.25, 0.3) is 5.56 Å². The van der Waals surface area contributed by atoms with Gasteiger partial charge in [0.2, 0.25) is 0 Å². The summed E-state index contributed by atoms with van der Waals surface area (Å²) in [4.78, 5) is 22.4. The number of thiophene rings is 1. The maximum atomic E-state index is 12.0. The molecule has 2 N–H and O–H groups in total. The van der Waals surface area contributed by atoms with Crippen molar-refractivity contribution in [1.82, 2.24) is 15.0 Å². The molecule has 17 heavy (non-hydrogen) atoms. The van der Waals surface area contributed by atoms with Crippen LogP contribution in [0.3, 0.4) is 0 Å². The van der Waals surface area contributed by atoms with E-state index in [9.17, 15) is 4.79 Å². The Bertz CT molecular complexity index is 737. The molecule has 0 amide bonds. The van der Waals surface area contributed by atoms with Crippen LogP contribution in [0.4, 0.5) is 0 Å². The Hall–Kier alpha value is -1.88. The van der Waals surface area contributed by atoms with E-state index in [1.807, 2.05) is 30.7 Å². The summed E-state index contributed by atoms with van der Waals surface area (Å²) in [6, 6.07) is 1.94. The lowest BCUT2D eigenvalue weighted by molar-refractivity contribution is 1.16. The molecule has 3 rings (SSSR count). The van der Waals surface area contributed by atoms with Crippen molar-refractivity contribution in [1.29, 1.82) is 0 Å². The highest BCUT2D eigenvalue weighted by Crippen LogP contribution is 2.21. The Morgan fingerprint density at radius 1 is 1.29 bits per heavy atom. The molecule has 4 nitrogen and oxygen atoms in total. The molecule has 86 valence electrons. The molecule has 0 unspecified atom stereocenters. The van der Waals surface area contributed by atoms with Gasteiger partial charge in [-0.3, -0.25) is 4.79 Å². The molecule has 0 spiro atoms. The molecular formula is C12H11N3OS. The number of hydrogen-bond donors (Lipinski definition) is 2. The van der Waals surface area contributed by atoms with Crippen LogP contribution in [0, 0.1) is 13.8 Å². The Balaban J connectivity index is 2.36. The van der Waals surface area contributed by atoms with E-state index in [0.717, 1.165) is 16.8 Å². The van der Waals surface area contributed by atoms with E-state index in [2.05, 4.69) is 15.0 Å². The lowest BCUT2D eigenvalue weighted by Gasteiger charge is -1.97. The van der Waals surface area contributed by atoms with Crippen LogP contribution >= 0.6 is 11.3 Å². The summed E-state index contributed by atoms with van der Waals surface area (Å²) in [5, 5.41) is 4.58. The zero-order chi connectivity index (χ0) is 12.0. The molecule has 0 bridgehead atoms. The molecule has 0 atom stereocenters. The van der Waals surface area contributed by atoms with Gasteiger partial charge in [-0.15, -0.1) is 0 Å². The van der Waals surface area contributed by atoms with Gasteiger partial charge in [-0.1, -0.05) is 0 Å².